The second-order valence-corrected chi connectivity index (χ2v) is 3.54. The lowest BCUT2D eigenvalue weighted by molar-refractivity contribution is -0.274. The van der Waals surface area contributed by atoms with E-state index in [1.807, 2.05) is 0 Å². The zero-order valence-corrected chi connectivity index (χ0v) is 8.86. The topological polar surface area (TPSA) is 46.5 Å². The van der Waals surface area contributed by atoms with Crippen LogP contribution in [0.25, 0.3) is 10.8 Å². The molecule has 6 heteroatoms. The van der Waals surface area contributed by atoms with E-state index >= 15 is 0 Å². The Labute approximate surface area is 99.4 Å². The number of rotatable bonds is 2. The SMILES string of the molecule is O=C(O)c1cc(OC(F)(F)F)cc2ccccc12. The van der Waals surface area contributed by atoms with Gasteiger partial charge in [0.25, 0.3) is 0 Å². The summed E-state index contributed by atoms with van der Waals surface area (Å²) in [5.41, 5.74) is -0.229. The van der Waals surface area contributed by atoms with Gasteiger partial charge in [-0.3, -0.25) is 0 Å². The highest BCUT2D eigenvalue weighted by Crippen LogP contribution is 2.29. The molecule has 0 aliphatic carbocycles. The number of halogens is 3. The molecule has 0 heterocycles. The van der Waals surface area contributed by atoms with Gasteiger partial charge in [-0.2, -0.15) is 0 Å². The molecule has 0 spiro atoms. The Balaban J connectivity index is 2.61. The lowest BCUT2D eigenvalue weighted by Gasteiger charge is -2.11. The molecule has 0 fully saturated rings. The Morgan fingerprint density at radius 2 is 1.83 bits per heavy atom. The second kappa shape index (κ2) is 4.21. The number of hydrogen-bond acceptors (Lipinski definition) is 2. The summed E-state index contributed by atoms with van der Waals surface area (Å²) < 4.78 is 40.1. The van der Waals surface area contributed by atoms with E-state index in [-0.39, 0.29) is 5.56 Å². The van der Waals surface area contributed by atoms with Crippen molar-refractivity contribution in [1.82, 2.24) is 0 Å². The number of fused-ring (bicyclic) bond motifs is 1. The fourth-order valence-electron chi connectivity index (χ4n) is 1.65. The predicted molar refractivity (Wildman–Crippen MR) is 57.6 cm³/mol. The standard InChI is InChI=1S/C12H7F3O3/c13-12(14,15)18-8-5-7-3-1-2-4-9(7)10(6-8)11(16)17/h1-6H,(H,16,17). The summed E-state index contributed by atoms with van der Waals surface area (Å²) in [6.45, 7) is 0. The van der Waals surface area contributed by atoms with Crippen LogP contribution in [-0.4, -0.2) is 17.4 Å². The molecule has 94 valence electrons. The quantitative estimate of drug-likeness (QED) is 0.895. The van der Waals surface area contributed by atoms with Crippen LogP contribution in [0, 0.1) is 0 Å². The molecule has 18 heavy (non-hydrogen) atoms. The Bertz CT molecular complexity index is 605. The van der Waals surface area contributed by atoms with Gasteiger partial charge in [0.05, 0.1) is 5.56 Å². The molecule has 0 amide bonds. The molecule has 0 saturated carbocycles. The molecule has 0 radical (unpaired) electrons. The van der Waals surface area contributed by atoms with Crippen LogP contribution in [0.1, 0.15) is 10.4 Å². The van der Waals surface area contributed by atoms with E-state index in [1.165, 1.54) is 12.1 Å². The van der Waals surface area contributed by atoms with Gasteiger partial charge < -0.3 is 9.84 Å². The van der Waals surface area contributed by atoms with Crippen molar-refractivity contribution >= 4 is 16.7 Å². The molecule has 0 bridgehead atoms. The summed E-state index contributed by atoms with van der Waals surface area (Å²) >= 11 is 0. The summed E-state index contributed by atoms with van der Waals surface area (Å²) in [6, 6.07) is 8.26. The molecular formula is C12H7F3O3. The Morgan fingerprint density at radius 3 is 2.44 bits per heavy atom. The van der Waals surface area contributed by atoms with Crippen LogP contribution in [-0.2, 0) is 0 Å². The molecule has 0 atom stereocenters. The minimum Gasteiger partial charge on any atom is -0.478 e. The second-order valence-electron chi connectivity index (χ2n) is 3.54. The van der Waals surface area contributed by atoms with E-state index in [4.69, 9.17) is 5.11 Å². The summed E-state index contributed by atoms with van der Waals surface area (Å²) in [7, 11) is 0. The van der Waals surface area contributed by atoms with Crippen LogP contribution < -0.4 is 4.74 Å². The molecule has 2 rings (SSSR count). The number of ether oxygens (including phenoxy) is 1. The zero-order valence-electron chi connectivity index (χ0n) is 8.86. The molecule has 3 nitrogen and oxygen atoms in total. The van der Waals surface area contributed by atoms with Gasteiger partial charge in [0.2, 0.25) is 0 Å². The van der Waals surface area contributed by atoms with Crippen molar-refractivity contribution in [2.75, 3.05) is 0 Å². The van der Waals surface area contributed by atoms with Crippen molar-refractivity contribution in [3.63, 3.8) is 0 Å². The van der Waals surface area contributed by atoms with E-state index in [2.05, 4.69) is 4.74 Å². The van der Waals surface area contributed by atoms with Crippen molar-refractivity contribution < 1.29 is 27.8 Å². The molecular weight excluding hydrogens is 249 g/mol. The molecule has 1 N–H and O–H groups in total. The Morgan fingerprint density at radius 1 is 1.17 bits per heavy atom. The number of carbonyl (C=O) groups is 1. The van der Waals surface area contributed by atoms with Crippen LogP contribution in [0.3, 0.4) is 0 Å². The van der Waals surface area contributed by atoms with Crippen LogP contribution >= 0.6 is 0 Å². The van der Waals surface area contributed by atoms with Gasteiger partial charge in [-0.25, -0.2) is 4.79 Å². The number of alkyl halides is 3. The first-order valence-electron chi connectivity index (χ1n) is 4.88. The number of hydrogen-bond donors (Lipinski definition) is 1. The van der Waals surface area contributed by atoms with Gasteiger partial charge >= 0.3 is 12.3 Å². The largest absolute Gasteiger partial charge is 0.573 e. The van der Waals surface area contributed by atoms with Crippen LogP contribution in [0.2, 0.25) is 0 Å². The van der Waals surface area contributed by atoms with E-state index in [9.17, 15) is 18.0 Å². The smallest absolute Gasteiger partial charge is 0.478 e. The Hall–Kier alpha value is -2.24. The summed E-state index contributed by atoms with van der Waals surface area (Å²) in [6.07, 6.45) is -4.85. The van der Waals surface area contributed by atoms with Crippen molar-refractivity contribution in [2.45, 2.75) is 6.36 Å². The number of benzene rings is 2. The lowest BCUT2D eigenvalue weighted by Crippen LogP contribution is -2.17. The summed E-state index contributed by atoms with van der Waals surface area (Å²) in [4.78, 5) is 11.0. The minimum absolute atomic E-state index is 0.229. The van der Waals surface area contributed by atoms with Gasteiger partial charge in [-0.1, -0.05) is 24.3 Å². The van der Waals surface area contributed by atoms with Crippen molar-refractivity contribution in [3.05, 3.63) is 42.0 Å². The van der Waals surface area contributed by atoms with E-state index < -0.39 is 18.1 Å². The maximum Gasteiger partial charge on any atom is 0.573 e. The average molecular weight is 256 g/mol. The first-order chi connectivity index (χ1) is 8.37. The van der Waals surface area contributed by atoms with E-state index in [0.29, 0.717) is 10.8 Å². The van der Waals surface area contributed by atoms with Crippen molar-refractivity contribution in [3.8, 4) is 5.75 Å². The zero-order chi connectivity index (χ0) is 13.3. The van der Waals surface area contributed by atoms with Crippen LogP contribution in [0.4, 0.5) is 13.2 Å². The maximum atomic E-state index is 12.1. The minimum atomic E-state index is -4.85. The molecule has 0 aliphatic rings. The fraction of sp³-hybridized carbons (Fsp3) is 0.0833. The maximum absolute atomic E-state index is 12.1. The summed E-state index contributed by atoms with van der Waals surface area (Å²) in [5, 5.41) is 9.70. The number of aromatic carboxylic acids is 1. The molecule has 0 aliphatic heterocycles. The first-order valence-corrected chi connectivity index (χ1v) is 4.88. The van der Waals surface area contributed by atoms with Gasteiger partial charge in [0.1, 0.15) is 5.75 Å². The number of carboxylic acid groups (broad SMARTS) is 1. The summed E-state index contributed by atoms with van der Waals surface area (Å²) in [5.74, 6) is -1.85. The highest BCUT2D eigenvalue weighted by molar-refractivity contribution is 6.04. The van der Waals surface area contributed by atoms with E-state index in [0.717, 1.165) is 12.1 Å². The van der Waals surface area contributed by atoms with Crippen LogP contribution in [0.15, 0.2) is 36.4 Å². The average Bonchev–Trinajstić information content (AvgIpc) is 2.25. The van der Waals surface area contributed by atoms with Gasteiger partial charge in [-0.15, -0.1) is 13.2 Å². The van der Waals surface area contributed by atoms with Gasteiger partial charge in [0.15, 0.2) is 0 Å². The normalized spacial score (nSPS) is 11.5. The third-order valence-electron chi connectivity index (χ3n) is 2.30. The highest BCUT2D eigenvalue weighted by atomic mass is 19.4. The van der Waals surface area contributed by atoms with Crippen molar-refractivity contribution in [2.24, 2.45) is 0 Å². The Kier molecular flexibility index (Phi) is 2.86. The van der Waals surface area contributed by atoms with Gasteiger partial charge in [0, 0.05) is 0 Å². The third kappa shape index (κ3) is 2.53. The number of carboxylic acids is 1. The molecule has 0 aromatic heterocycles. The van der Waals surface area contributed by atoms with E-state index in [1.54, 1.807) is 12.1 Å². The fourth-order valence-corrected chi connectivity index (χ4v) is 1.65. The van der Waals surface area contributed by atoms with Gasteiger partial charge in [-0.05, 0) is 22.9 Å². The third-order valence-corrected chi connectivity index (χ3v) is 2.30. The highest BCUT2D eigenvalue weighted by Gasteiger charge is 2.31. The predicted octanol–water partition coefficient (Wildman–Crippen LogP) is 3.44. The lowest BCUT2D eigenvalue weighted by atomic mass is 10.0. The monoisotopic (exact) mass is 256 g/mol. The van der Waals surface area contributed by atoms with Crippen LogP contribution in [0.5, 0.6) is 5.75 Å². The molecule has 2 aromatic carbocycles. The molecule has 2 aromatic rings. The first kappa shape index (κ1) is 12.2. The molecule has 0 unspecified atom stereocenters. The van der Waals surface area contributed by atoms with Crippen molar-refractivity contribution in [1.29, 1.82) is 0 Å². The molecule has 0 saturated heterocycles.